The Morgan fingerprint density at radius 3 is 2.95 bits per heavy atom. The number of anilines is 1. The number of β-amino-alcohol motifs (C(OH)–C–C–N with tert-alkyl or cyclic N) is 1. The van der Waals surface area contributed by atoms with Crippen molar-refractivity contribution in [2.24, 2.45) is 0 Å². The Labute approximate surface area is 121 Å². The number of nitrogen functional groups attached to an aromatic ring is 1. The average molecular weight is 291 g/mol. The Kier molecular flexibility index (Phi) is 2.95. The first kappa shape index (κ1) is 13.3. The van der Waals surface area contributed by atoms with E-state index < -0.39 is 5.60 Å². The second kappa shape index (κ2) is 4.43. The van der Waals surface area contributed by atoms with E-state index in [-0.39, 0.29) is 5.91 Å². The van der Waals surface area contributed by atoms with Crippen LogP contribution in [0.4, 0.5) is 5.69 Å². The van der Waals surface area contributed by atoms with Gasteiger partial charge in [0, 0.05) is 24.7 Å². The van der Waals surface area contributed by atoms with Gasteiger partial charge in [0.15, 0.2) is 0 Å². The van der Waals surface area contributed by atoms with E-state index >= 15 is 0 Å². The molecule has 1 amide bonds. The topological polar surface area (TPSA) is 79.5 Å². The van der Waals surface area contributed by atoms with Crippen LogP contribution < -0.4 is 5.73 Å². The van der Waals surface area contributed by atoms with Gasteiger partial charge in [-0.3, -0.25) is 4.79 Å². The molecule has 1 fully saturated rings. The SMILES string of the molecule is Cc1ccnc2sc(C(=O)N3CCC(C)(O)C3)c(N)c12. The van der Waals surface area contributed by atoms with E-state index in [1.807, 2.05) is 13.0 Å². The number of amides is 1. The molecule has 6 heteroatoms. The maximum absolute atomic E-state index is 12.6. The normalized spacial score (nSPS) is 22.6. The molecule has 1 aliphatic heterocycles. The molecule has 20 heavy (non-hydrogen) atoms. The van der Waals surface area contributed by atoms with Crippen LogP contribution in [0.25, 0.3) is 10.2 Å². The number of nitrogens with two attached hydrogens (primary N) is 1. The standard InChI is InChI=1S/C14H17N3O2S/c1-8-3-5-16-12-9(8)10(15)11(20-12)13(18)17-6-4-14(2,19)7-17/h3,5,19H,4,6-7,15H2,1-2H3. The number of pyridine rings is 1. The number of fused-ring (bicyclic) bond motifs is 1. The molecule has 2 aromatic rings. The lowest BCUT2D eigenvalue weighted by Crippen LogP contribution is -2.33. The summed E-state index contributed by atoms with van der Waals surface area (Å²) in [5.41, 5.74) is 6.87. The molecule has 1 saturated heterocycles. The monoisotopic (exact) mass is 291 g/mol. The number of thiophene rings is 1. The molecule has 1 aliphatic rings. The summed E-state index contributed by atoms with van der Waals surface area (Å²) in [5.74, 6) is -0.109. The van der Waals surface area contributed by atoms with Gasteiger partial charge in [-0.2, -0.15) is 0 Å². The van der Waals surface area contributed by atoms with Crippen LogP contribution in [0.2, 0.25) is 0 Å². The van der Waals surface area contributed by atoms with Gasteiger partial charge >= 0.3 is 0 Å². The van der Waals surface area contributed by atoms with Crippen LogP contribution >= 0.6 is 11.3 Å². The van der Waals surface area contributed by atoms with Crippen LogP contribution in [0.5, 0.6) is 0 Å². The molecule has 3 heterocycles. The first-order valence-electron chi connectivity index (χ1n) is 6.54. The third kappa shape index (κ3) is 2.05. The van der Waals surface area contributed by atoms with Crippen molar-refractivity contribution < 1.29 is 9.90 Å². The number of hydrogen-bond acceptors (Lipinski definition) is 5. The first-order valence-corrected chi connectivity index (χ1v) is 7.36. The highest BCUT2D eigenvalue weighted by molar-refractivity contribution is 7.21. The molecule has 0 aliphatic carbocycles. The summed E-state index contributed by atoms with van der Waals surface area (Å²) in [5, 5.41) is 10.8. The zero-order valence-corrected chi connectivity index (χ0v) is 12.3. The summed E-state index contributed by atoms with van der Waals surface area (Å²) in [6.07, 6.45) is 2.32. The average Bonchev–Trinajstić information content (AvgIpc) is 2.90. The van der Waals surface area contributed by atoms with Gasteiger partial charge in [0.2, 0.25) is 0 Å². The van der Waals surface area contributed by atoms with E-state index in [0.29, 0.717) is 30.1 Å². The Morgan fingerprint density at radius 1 is 1.60 bits per heavy atom. The lowest BCUT2D eigenvalue weighted by molar-refractivity contribution is 0.0575. The van der Waals surface area contributed by atoms with Crippen molar-refractivity contribution in [1.29, 1.82) is 0 Å². The van der Waals surface area contributed by atoms with E-state index in [1.165, 1.54) is 11.3 Å². The van der Waals surface area contributed by atoms with Gasteiger partial charge < -0.3 is 15.7 Å². The van der Waals surface area contributed by atoms with Crippen molar-refractivity contribution >= 4 is 33.1 Å². The maximum atomic E-state index is 12.6. The summed E-state index contributed by atoms with van der Waals surface area (Å²) in [6, 6.07) is 1.89. The van der Waals surface area contributed by atoms with E-state index in [2.05, 4.69) is 4.98 Å². The Hall–Kier alpha value is -1.66. The molecule has 0 aromatic carbocycles. The molecule has 1 unspecified atom stereocenters. The second-order valence-electron chi connectivity index (χ2n) is 5.63. The number of aliphatic hydroxyl groups is 1. The molecule has 3 N–H and O–H groups in total. The number of nitrogens with zero attached hydrogens (tertiary/aromatic N) is 2. The first-order chi connectivity index (χ1) is 9.39. The number of rotatable bonds is 1. The predicted molar refractivity (Wildman–Crippen MR) is 79.9 cm³/mol. The van der Waals surface area contributed by atoms with Crippen LogP contribution in [0, 0.1) is 6.92 Å². The van der Waals surface area contributed by atoms with Gasteiger partial charge in [0.05, 0.1) is 11.3 Å². The van der Waals surface area contributed by atoms with Gasteiger partial charge in [-0.25, -0.2) is 4.98 Å². The minimum Gasteiger partial charge on any atom is -0.397 e. The smallest absolute Gasteiger partial charge is 0.266 e. The van der Waals surface area contributed by atoms with Crippen LogP contribution in [0.1, 0.15) is 28.6 Å². The van der Waals surface area contributed by atoms with Crippen LogP contribution in [0.3, 0.4) is 0 Å². The van der Waals surface area contributed by atoms with Crippen LogP contribution in [0.15, 0.2) is 12.3 Å². The van der Waals surface area contributed by atoms with Gasteiger partial charge in [-0.15, -0.1) is 11.3 Å². The molecule has 0 saturated carbocycles. The molecule has 0 spiro atoms. The largest absolute Gasteiger partial charge is 0.397 e. The quantitative estimate of drug-likeness (QED) is 0.839. The fourth-order valence-corrected chi connectivity index (χ4v) is 3.73. The highest BCUT2D eigenvalue weighted by Crippen LogP contribution is 2.36. The number of carbonyl (C=O) groups excluding carboxylic acids is 1. The zero-order valence-electron chi connectivity index (χ0n) is 11.5. The number of likely N-dealkylation sites (tertiary alicyclic amines) is 1. The molecule has 0 radical (unpaired) electrons. The Morgan fingerprint density at radius 2 is 2.35 bits per heavy atom. The third-order valence-corrected chi connectivity index (χ3v) is 4.87. The molecule has 1 atom stereocenters. The second-order valence-corrected chi connectivity index (χ2v) is 6.63. The van der Waals surface area contributed by atoms with Crippen LogP contribution in [-0.2, 0) is 0 Å². The summed E-state index contributed by atoms with van der Waals surface area (Å²) >= 11 is 1.32. The summed E-state index contributed by atoms with van der Waals surface area (Å²) < 4.78 is 0. The molecule has 3 rings (SSSR count). The lowest BCUT2D eigenvalue weighted by atomic mass is 10.1. The van der Waals surface area contributed by atoms with Crippen molar-refractivity contribution in [3.63, 3.8) is 0 Å². The summed E-state index contributed by atoms with van der Waals surface area (Å²) in [4.78, 5) is 19.8. The summed E-state index contributed by atoms with van der Waals surface area (Å²) in [7, 11) is 0. The minimum atomic E-state index is -0.796. The van der Waals surface area contributed by atoms with E-state index in [0.717, 1.165) is 15.8 Å². The van der Waals surface area contributed by atoms with Crippen molar-refractivity contribution in [2.45, 2.75) is 25.9 Å². The molecular formula is C14H17N3O2S. The molecule has 5 nitrogen and oxygen atoms in total. The number of aromatic nitrogens is 1. The number of hydrogen-bond donors (Lipinski definition) is 2. The van der Waals surface area contributed by atoms with E-state index in [9.17, 15) is 9.90 Å². The highest BCUT2D eigenvalue weighted by atomic mass is 32.1. The molecular weight excluding hydrogens is 274 g/mol. The van der Waals surface area contributed by atoms with Crippen molar-refractivity contribution in [3.05, 3.63) is 22.7 Å². The van der Waals surface area contributed by atoms with Gasteiger partial charge in [-0.05, 0) is 31.9 Å². The third-order valence-electron chi connectivity index (χ3n) is 3.77. The molecule has 0 bridgehead atoms. The van der Waals surface area contributed by atoms with E-state index in [1.54, 1.807) is 18.0 Å². The molecule has 2 aromatic heterocycles. The Bertz CT molecular complexity index is 693. The van der Waals surface area contributed by atoms with Gasteiger partial charge in [-0.1, -0.05) is 0 Å². The number of carbonyl (C=O) groups is 1. The lowest BCUT2D eigenvalue weighted by Gasteiger charge is -2.18. The van der Waals surface area contributed by atoms with Gasteiger partial charge in [0.25, 0.3) is 5.91 Å². The van der Waals surface area contributed by atoms with Crippen LogP contribution in [-0.4, -0.2) is 39.6 Å². The fraction of sp³-hybridized carbons (Fsp3) is 0.429. The number of aryl methyl sites for hydroxylation is 1. The van der Waals surface area contributed by atoms with Gasteiger partial charge in [0.1, 0.15) is 9.71 Å². The minimum absolute atomic E-state index is 0.109. The zero-order chi connectivity index (χ0) is 14.5. The highest BCUT2D eigenvalue weighted by Gasteiger charge is 2.35. The predicted octanol–water partition coefficient (Wildman–Crippen LogP) is 1.78. The molecule has 106 valence electrons. The van der Waals surface area contributed by atoms with Crippen molar-refractivity contribution in [3.8, 4) is 0 Å². The maximum Gasteiger partial charge on any atom is 0.266 e. The van der Waals surface area contributed by atoms with Crippen molar-refractivity contribution in [1.82, 2.24) is 9.88 Å². The Balaban J connectivity index is 2.01. The fourth-order valence-electron chi connectivity index (χ4n) is 2.62. The van der Waals surface area contributed by atoms with Crippen molar-refractivity contribution in [2.75, 3.05) is 18.8 Å². The van der Waals surface area contributed by atoms with E-state index in [4.69, 9.17) is 5.73 Å². The summed E-state index contributed by atoms with van der Waals surface area (Å²) in [6.45, 7) is 4.63.